The summed E-state index contributed by atoms with van der Waals surface area (Å²) in [6, 6.07) is 6.35. The average molecular weight is 414 g/mol. The topological polar surface area (TPSA) is 87.2 Å². The number of rotatable bonds is 6. The first-order valence-corrected chi connectivity index (χ1v) is 11.4. The van der Waals surface area contributed by atoms with Crippen LogP contribution in [0.4, 0.5) is 0 Å². The minimum atomic E-state index is -3.60. The van der Waals surface area contributed by atoms with Gasteiger partial charge in [0.15, 0.2) is 0 Å². The molecular weight excluding hydrogens is 390 g/mol. The number of nitrogens with zero attached hydrogens (tertiary/aromatic N) is 3. The van der Waals surface area contributed by atoms with Crippen LogP contribution < -0.4 is 4.74 Å². The van der Waals surface area contributed by atoms with E-state index in [1.54, 1.807) is 17.0 Å². The van der Waals surface area contributed by atoms with Crippen molar-refractivity contribution >= 4 is 33.6 Å². The van der Waals surface area contributed by atoms with Crippen molar-refractivity contribution < 1.29 is 22.7 Å². The van der Waals surface area contributed by atoms with Gasteiger partial charge in [-0.25, -0.2) is 8.42 Å². The number of hydrogen-bond acceptors (Lipinski definition) is 6. The molecule has 27 heavy (non-hydrogen) atoms. The van der Waals surface area contributed by atoms with Crippen molar-refractivity contribution in [1.29, 1.82) is 0 Å². The van der Waals surface area contributed by atoms with Crippen molar-refractivity contribution in [3.8, 4) is 5.75 Å². The van der Waals surface area contributed by atoms with Crippen LogP contribution in [0.1, 0.15) is 6.92 Å². The van der Waals surface area contributed by atoms with E-state index in [1.807, 2.05) is 6.92 Å². The molecule has 2 saturated heterocycles. The zero-order valence-electron chi connectivity index (χ0n) is 15.2. The summed E-state index contributed by atoms with van der Waals surface area (Å²) in [7, 11) is -3.60. The minimum Gasteiger partial charge on any atom is -0.494 e. The number of piperazine rings is 1. The molecule has 0 bridgehead atoms. The van der Waals surface area contributed by atoms with Crippen LogP contribution in [0.2, 0.25) is 0 Å². The summed E-state index contributed by atoms with van der Waals surface area (Å²) >= 11 is 1.49. The fraction of sp³-hybridized carbons (Fsp3) is 0.529. The highest BCUT2D eigenvalue weighted by Crippen LogP contribution is 2.21. The number of thioether (sulfide) groups is 1. The third-order valence-corrected chi connectivity index (χ3v) is 7.37. The normalized spacial score (nSPS) is 18.8. The van der Waals surface area contributed by atoms with Gasteiger partial charge < -0.3 is 14.5 Å². The molecule has 0 spiro atoms. The molecule has 0 N–H and O–H groups in total. The second-order valence-corrected chi connectivity index (χ2v) is 9.15. The Bertz CT molecular complexity index is 789. The summed E-state index contributed by atoms with van der Waals surface area (Å²) in [6.45, 7) is 3.58. The van der Waals surface area contributed by atoms with E-state index in [2.05, 4.69) is 0 Å². The predicted octanol–water partition coefficient (Wildman–Crippen LogP) is 0.451. The molecule has 2 aliphatic heterocycles. The van der Waals surface area contributed by atoms with Crippen LogP contribution >= 0.6 is 11.8 Å². The van der Waals surface area contributed by atoms with Gasteiger partial charge in [0.05, 0.1) is 23.1 Å². The lowest BCUT2D eigenvalue weighted by Gasteiger charge is -2.34. The third-order valence-electron chi connectivity index (χ3n) is 4.52. The molecule has 148 valence electrons. The Morgan fingerprint density at radius 3 is 2.37 bits per heavy atom. The largest absolute Gasteiger partial charge is 0.494 e. The maximum atomic E-state index is 12.8. The van der Waals surface area contributed by atoms with E-state index in [4.69, 9.17) is 4.74 Å². The maximum absolute atomic E-state index is 12.8. The fourth-order valence-electron chi connectivity index (χ4n) is 3.00. The summed E-state index contributed by atoms with van der Waals surface area (Å²) in [5.74, 6) is 1.42. The van der Waals surface area contributed by atoms with Crippen molar-refractivity contribution in [1.82, 2.24) is 14.1 Å². The van der Waals surface area contributed by atoms with Crippen LogP contribution in [-0.2, 0) is 19.6 Å². The lowest BCUT2D eigenvalue weighted by Crippen LogP contribution is -2.52. The van der Waals surface area contributed by atoms with Crippen LogP contribution in [0.25, 0.3) is 0 Å². The van der Waals surface area contributed by atoms with Crippen LogP contribution in [0.3, 0.4) is 0 Å². The Kier molecular flexibility index (Phi) is 6.28. The van der Waals surface area contributed by atoms with Crippen molar-refractivity contribution in [3.05, 3.63) is 24.3 Å². The van der Waals surface area contributed by atoms with Gasteiger partial charge in [0.1, 0.15) is 12.3 Å². The number of hydrogen-bond donors (Lipinski definition) is 0. The van der Waals surface area contributed by atoms with E-state index < -0.39 is 10.0 Å². The van der Waals surface area contributed by atoms with E-state index in [0.29, 0.717) is 37.1 Å². The van der Waals surface area contributed by atoms with Gasteiger partial charge in [-0.15, -0.1) is 11.8 Å². The Labute approximate surface area is 163 Å². The summed E-state index contributed by atoms with van der Waals surface area (Å²) in [5.41, 5.74) is 0. The van der Waals surface area contributed by atoms with Crippen LogP contribution in [-0.4, -0.2) is 85.3 Å². The van der Waals surface area contributed by atoms with Crippen LogP contribution in [0.5, 0.6) is 5.75 Å². The Hall–Kier alpha value is -1.78. The number of sulfonamides is 1. The maximum Gasteiger partial charge on any atom is 0.243 e. The molecule has 8 nitrogen and oxygen atoms in total. The summed E-state index contributed by atoms with van der Waals surface area (Å²) in [4.78, 5) is 27.4. The quantitative estimate of drug-likeness (QED) is 0.673. The first-order valence-electron chi connectivity index (χ1n) is 8.78. The van der Waals surface area contributed by atoms with Crippen LogP contribution in [0.15, 0.2) is 29.2 Å². The van der Waals surface area contributed by atoms with Gasteiger partial charge in [-0.3, -0.25) is 9.59 Å². The van der Waals surface area contributed by atoms with Gasteiger partial charge in [0, 0.05) is 26.2 Å². The van der Waals surface area contributed by atoms with E-state index in [1.165, 1.54) is 33.1 Å². The fourth-order valence-corrected chi connectivity index (χ4v) is 5.33. The van der Waals surface area contributed by atoms with Crippen LogP contribution in [0, 0.1) is 0 Å². The van der Waals surface area contributed by atoms with Gasteiger partial charge >= 0.3 is 0 Å². The molecule has 0 saturated carbocycles. The number of ether oxygens (including phenoxy) is 1. The molecular formula is C17H23N3O5S2. The average Bonchev–Trinajstić information content (AvgIpc) is 3.07. The zero-order valence-corrected chi connectivity index (χ0v) is 16.8. The van der Waals surface area contributed by atoms with E-state index >= 15 is 0 Å². The van der Waals surface area contributed by atoms with Crippen molar-refractivity contribution in [2.45, 2.75) is 11.8 Å². The lowest BCUT2D eigenvalue weighted by molar-refractivity contribution is -0.138. The SMILES string of the molecule is CCOc1ccc(S(=O)(=O)N2CCN(C(=O)CN3CSCC3=O)CC2)cc1. The van der Waals surface area contributed by atoms with Crippen molar-refractivity contribution in [2.24, 2.45) is 0 Å². The molecule has 2 amide bonds. The second kappa shape index (κ2) is 8.49. The molecule has 0 aliphatic carbocycles. The van der Waals surface area contributed by atoms with Gasteiger partial charge in [-0.2, -0.15) is 4.31 Å². The van der Waals surface area contributed by atoms with E-state index in [-0.39, 0.29) is 36.3 Å². The van der Waals surface area contributed by atoms with Crippen molar-refractivity contribution in [3.63, 3.8) is 0 Å². The Balaban J connectivity index is 1.57. The molecule has 0 atom stereocenters. The summed E-state index contributed by atoms with van der Waals surface area (Å²) in [5, 5.41) is 0. The highest BCUT2D eigenvalue weighted by molar-refractivity contribution is 8.00. The number of carbonyl (C=O) groups is 2. The smallest absolute Gasteiger partial charge is 0.243 e. The van der Waals surface area contributed by atoms with Gasteiger partial charge in [0.2, 0.25) is 21.8 Å². The Morgan fingerprint density at radius 1 is 1.15 bits per heavy atom. The summed E-state index contributed by atoms with van der Waals surface area (Å²) in [6.07, 6.45) is 0. The van der Waals surface area contributed by atoms with Gasteiger partial charge in [0.25, 0.3) is 0 Å². The molecule has 1 aromatic carbocycles. The molecule has 0 radical (unpaired) electrons. The van der Waals surface area contributed by atoms with Gasteiger partial charge in [-0.1, -0.05) is 0 Å². The van der Waals surface area contributed by atoms with Crippen molar-refractivity contribution in [2.75, 3.05) is 51.0 Å². The molecule has 3 rings (SSSR count). The predicted molar refractivity (Wildman–Crippen MR) is 102 cm³/mol. The van der Waals surface area contributed by atoms with E-state index in [9.17, 15) is 18.0 Å². The number of carbonyl (C=O) groups excluding carboxylic acids is 2. The highest BCUT2D eigenvalue weighted by atomic mass is 32.2. The molecule has 10 heteroatoms. The monoisotopic (exact) mass is 413 g/mol. The number of benzene rings is 1. The number of amides is 2. The highest BCUT2D eigenvalue weighted by Gasteiger charge is 2.31. The molecule has 0 unspecified atom stereocenters. The molecule has 0 aromatic heterocycles. The molecule has 2 heterocycles. The zero-order chi connectivity index (χ0) is 19.4. The first kappa shape index (κ1) is 20.0. The molecule has 1 aromatic rings. The Morgan fingerprint density at radius 2 is 1.81 bits per heavy atom. The van der Waals surface area contributed by atoms with E-state index in [0.717, 1.165) is 0 Å². The second-order valence-electron chi connectivity index (χ2n) is 6.26. The molecule has 2 aliphatic rings. The third kappa shape index (κ3) is 4.56. The molecule has 2 fully saturated rings. The lowest BCUT2D eigenvalue weighted by atomic mass is 10.3. The standard InChI is InChI=1S/C17H23N3O5S2/c1-2-25-14-3-5-15(6-4-14)27(23,24)20-9-7-18(8-10-20)16(21)11-19-13-26-12-17(19)22/h3-6H,2,7-13H2,1H3. The minimum absolute atomic E-state index is 0.0231. The first-order chi connectivity index (χ1) is 12.9. The summed E-state index contributed by atoms with van der Waals surface area (Å²) < 4.78 is 32.3. The van der Waals surface area contributed by atoms with Gasteiger partial charge in [-0.05, 0) is 31.2 Å².